The molecule has 0 aromatic heterocycles. The van der Waals surface area contributed by atoms with E-state index in [-0.39, 0.29) is 42.5 Å². The second kappa shape index (κ2) is 11.9. The van der Waals surface area contributed by atoms with Crippen LogP contribution in [-0.2, 0) is 11.0 Å². The van der Waals surface area contributed by atoms with Gasteiger partial charge in [0.1, 0.15) is 6.54 Å². The van der Waals surface area contributed by atoms with Crippen LogP contribution in [0.25, 0.3) is 0 Å². The Hall–Kier alpha value is -1.96. The number of halogens is 4. The Bertz CT molecular complexity index is 771. The fraction of sp³-hybridized carbons (Fsp3) is 0.500. The van der Waals surface area contributed by atoms with Crippen molar-refractivity contribution < 1.29 is 18.0 Å². The van der Waals surface area contributed by atoms with E-state index in [2.05, 4.69) is 27.5 Å². The van der Waals surface area contributed by atoms with Gasteiger partial charge in [0, 0.05) is 37.7 Å². The molecule has 29 heavy (non-hydrogen) atoms. The van der Waals surface area contributed by atoms with Gasteiger partial charge in [-0.1, -0.05) is 24.8 Å². The molecule has 160 valence electrons. The van der Waals surface area contributed by atoms with Gasteiger partial charge in [0.25, 0.3) is 0 Å². The molecule has 0 bridgehead atoms. The molecule has 1 fully saturated rings. The number of hydrogen-bond donors (Lipinski definition) is 2. The van der Waals surface area contributed by atoms with Gasteiger partial charge >= 0.3 is 6.18 Å². The summed E-state index contributed by atoms with van der Waals surface area (Å²) in [5.41, 5.74) is -0.419. The summed E-state index contributed by atoms with van der Waals surface area (Å²) in [5.74, 6) is 6.21. The van der Waals surface area contributed by atoms with Crippen molar-refractivity contribution >= 4 is 35.8 Å². The van der Waals surface area contributed by atoms with Crippen molar-refractivity contribution in [3.8, 4) is 11.8 Å². The molecule has 0 saturated carbocycles. The quantitative estimate of drug-likeness (QED) is 0.277. The number of hydrogen-bond acceptors (Lipinski definition) is 2. The molecule has 1 aliphatic heterocycles. The Labute approximate surface area is 186 Å². The number of amides is 1. The monoisotopic (exact) mass is 522 g/mol. The summed E-state index contributed by atoms with van der Waals surface area (Å²) in [5, 5.41) is 6.40. The molecule has 1 aromatic rings. The smallest absolute Gasteiger partial charge is 0.357 e. The first-order valence-electron chi connectivity index (χ1n) is 9.32. The van der Waals surface area contributed by atoms with Crippen molar-refractivity contribution in [2.24, 2.45) is 4.99 Å². The lowest BCUT2D eigenvalue weighted by Crippen LogP contribution is -2.45. The van der Waals surface area contributed by atoms with Crippen molar-refractivity contribution in [2.45, 2.75) is 38.9 Å². The lowest BCUT2D eigenvalue weighted by atomic mass is 10.1. The number of rotatable bonds is 4. The predicted octanol–water partition coefficient (Wildman–Crippen LogP) is 3.24. The van der Waals surface area contributed by atoms with Gasteiger partial charge in [-0.25, -0.2) is 4.99 Å². The molecule has 1 saturated heterocycles. The van der Waals surface area contributed by atoms with Crippen LogP contribution in [0.2, 0.25) is 0 Å². The number of likely N-dealkylation sites (tertiary alicyclic amines) is 1. The molecule has 1 aromatic carbocycles. The minimum atomic E-state index is -4.38. The molecular formula is C20H26F3IN4O. The van der Waals surface area contributed by atoms with Crippen molar-refractivity contribution in [3.63, 3.8) is 0 Å². The predicted molar refractivity (Wildman–Crippen MR) is 118 cm³/mol. The Balaban J connectivity index is 0.00000420. The molecule has 1 amide bonds. The maximum absolute atomic E-state index is 12.7. The van der Waals surface area contributed by atoms with Gasteiger partial charge in [-0.2, -0.15) is 13.2 Å². The molecule has 5 nitrogen and oxygen atoms in total. The zero-order valence-corrected chi connectivity index (χ0v) is 18.8. The lowest BCUT2D eigenvalue weighted by Gasteiger charge is -2.18. The number of guanidine groups is 1. The third kappa shape index (κ3) is 8.12. The average molecular weight is 522 g/mol. The minimum absolute atomic E-state index is 0. The van der Waals surface area contributed by atoms with E-state index in [1.54, 1.807) is 0 Å². The lowest BCUT2D eigenvalue weighted by molar-refractivity contribution is -0.137. The van der Waals surface area contributed by atoms with E-state index in [1.807, 2.05) is 18.7 Å². The van der Waals surface area contributed by atoms with Gasteiger partial charge in [0.2, 0.25) is 5.91 Å². The standard InChI is InChI=1S/C20H25F3N4O.HI/c1-3-18(28)27-12-10-17(14-27)26-19(24-4-2)25-11-6-8-15-7-5-9-16(13-15)20(21,22)23;/h5,7,9,13,17H,3-4,10-12,14H2,1-2H3,(H2,24,25,26);1H. The van der Waals surface area contributed by atoms with E-state index < -0.39 is 11.7 Å². The highest BCUT2D eigenvalue weighted by molar-refractivity contribution is 14.0. The summed E-state index contributed by atoms with van der Waals surface area (Å²) in [6.07, 6.45) is -3.05. The van der Waals surface area contributed by atoms with Gasteiger partial charge in [-0.05, 0) is 31.5 Å². The first-order valence-corrected chi connectivity index (χ1v) is 9.32. The van der Waals surface area contributed by atoms with Crippen LogP contribution >= 0.6 is 24.0 Å². The fourth-order valence-electron chi connectivity index (χ4n) is 2.88. The number of aliphatic imine (C=N–C) groups is 1. The van der Waals surface area contributed by atoms with Gasteiger partial charge in [-0.15, -0.1) is 24.0 Å². The van der Waals surface area contributed by atoms with Gasteiger partial charge in [0.15, 0.2) is 5.96 Å². The molecular weight excluding hydrogens is 496 g/mol. The van der Waals surface area contributed by atoms with Gasteiger partial charge < -0.3 is 15.5 Å². The maximum atomic E-state index is 12.7. The molecule has 2 N–H and O–H groups in total. The number of carbonyl (C=O) groups is 1. The summed E-state index contributed by atoms with van der Waals surface area (Å²) < 4.78 is 38.2. The van der Waals surface area contributed by atoms with Crippen molar-refractivity contribution in [1.29, 1.82) is 0 Å². The third-order valence-electron chi connectivity index (χ3n) is 4.27. The normalized spacial score (nSPS) is 16.5. The summed E-state index contributed by atoms with van der Waals surface area (Å²) in [6, 6.07) is 5.03. The van der Waals surface area contributed by atoms with Crippen LogP contribution in [-0.4, -0.2) is 49.0 Å². The van der Waals surface area contributed by atoms with Crippen LogP contribution in [0.4, 0.5) is 13.2 Å². The van der Waals surface area contributed by atoms with Crippen LogP contribution in [0, 0.1) is 11.8 Å². The van der Waals surface area contributed by atoms with E-state index in [0.717, 1.165) is 25.1 Å². The first kappa shape index (κ1) is 25.1. The number of benzene rings is 1. The minimum Gasteiger partial charge on any atom is -0.357 e. The molecule has 1 atom stereocenters. The van der Waals surface area contributed by atoms with Crippen LogP contribution in [0.1, 0.15) is 37.8 Å². The number of carbonyl (C=O) groups excluding carboxylic acids is 1. The topological polar surface area (TPSA) is 56.7 Å². The number of alkyl halides is 3. The van der Waals surface area contributed by atoms with Crippen LogP contribution < -0.4 is 10.6 Å². The zero-order chi connectivity index (χ0) is 20.6. The Morgan fingerprint density at radius 3 is 2.76 bits per heavy atom. The molecule has 0 spiro atoms. The van der Waals surface area contributed by atoms with Gasteiger partial charge in [-0.3, -0.25) is 4.79 Å². The van der Waals surface area contributed by atoms with Crippen molar-refractivity contribution in [3.05, 3.63) is 35.4 Å². The molecule has 1 unspecified atom stereocenters. The van der Waals surface area contributed by atoms with E-state index in [4.69, 9.17) is 0 Å². The van der Waals surface area contributed by atoms with E-state index in [1.165, 1.54) is 12.1 Å². The highest BCUT2D eigenvalue weighted by Crippen LogP contribution is 2.29. The summed E-state index contributed by atoms with van der Waals surface area (Å²) >= 11 is 0. The Morgan fingerprint density at radius 1 is 1.34 bits per heavy atom. The fourth-order valence-corrected chi connectivity index (χ4v) is 2.88. The van der Waals surface area contributed by atoms with E-state index in [0.29, 0.717) is 31.0 Å². The van der Waals surface area contributed by atoms with E-state index in [9.17, 15) is 18.0 Å². The summed E-state index contributed by atoms with van der Waals surface area (Å²) in [6.45, 7) is 5.95. The molecule has 9 heteroatoms. The largest absolute Gasteiger partial charge is 0.416 e. The zero-order valence-electron chi connectivity index (χ0n) is 16.5. The summed E-state index contributed by atoms with van der Waals surface area (Å²) in [4.78, 5) is 17.9. The SMILES string of the molecule is CCNC(=NCC#Cc1cccc(C(F)(F)F)c1)NC1CCN(C(=O)CC)C1.I. The van der Waals surface area contributed by atoms with Gasteiger partial charge in [0.05, 0.1) is 5.56 Å². The van der Waals surface area contributed by atoms with Crippen LogP contribution in [0.5, 0.6) is 0 Å². The second-order valence-corrected chi connectivity index (χ2v) is 6.40. The van der Waals surface area contributed by atoms with Crippen molar-refractivity contribution in [1.82, 2.24) is 15.5 Å². The third-order valence-corrected chi connectivity index (χ3v) is 4.27. The van der Waals surface area contributed by atoms with Crippen LogP contribution in [0.15, 0.2) is 29.3 Å². The summed E-state index contributed by atoms with van der Waals surface area (Å²) in [7, 11) is 0. The molecule has 1 aliphatic rings. The number of nitrogens with one attached hydrogen (secondary N) is 2. The molecule has 1 heterocycles. The van der Waals surface area contributed by atoms with Crippen molar-refractivity contribution in [2.75, 3.05) is 26.2 Å². The number of nitrogens with zero attached hydrogens (tertiary/aromatic N) is 2. The maximum Gasteiger partial charge on any atom is 0.416 e. The highest BCUT2D eigenvalue weighted by atomic mass is 127. The molecule has 0 radical (unpaired) electrons. The average Bonchev–Trinajstić information content (AvgIpc) is 3.13. The van der Waals surface area contributed by atoms with Crippen LogP contribution in [0.3, 0.4) is 0 Å². The second-order valence-electron chi connectivity index (χ2n) is 6.40. The van der Waals surface area contributed by atoms with E-state index >= 15 is 0 Å². The molecule has 2 rings (SSSR count). The Morgan fingerprint density at radius 2 is 2.10 bits per heavy atom. The highest BCUT2D eigenvalue weighted by Gasteiger charge is 2.30. The first-order chi connectivity index (χ1) is 13.3. The Kier molecular flexibility index (Phi) is 10.3. The molecule has 0 aliphatic carbocycles.